The molecule has 1 aliphatic rings. The van der Waals surface area contributed by atoms with Gasteiger partial charge >= 0.3 is 0 Å². The molecule has 0 N–H and O–H groups in total. The van der Waals surface area contributed by atoms with Crippen LogP contribution >= 0.6 is 11.3 Å². The molecule has 134 valence electrons. The third kappa shape index (κ3) is 3.09. The van der Waals surface area contributed by atoms with Crippen LogP contribution < -0.4 is 0 Å². The van der Waals surface area contributed by atoms with Crippen LogP contribution in [-0.2, 0) is 23.0 Å². The quantitative estimate of drug-likeness (QED) is 0.681. The van der Waals surface area contributed by atoms with E-state index >= 15 is 0 Å². The Hall–Kier alpha value is -2.02. The molecule has 26 heavy (non-hydrogen) atoms. The van der Waals surface area contributed by atoms with Gasteiger partial charge in [-0.2, -0.15) is 4.31 Å². The lowest BCUT2D eigenvalue weighted by Gasteiger charge is -2.26. The molecule has 0 saturated carbocycles. The maximum absolute atomic E-state index is 13.0. The van der Waals surface area contributed by atoms with Crippen molar-refractivity contribution in [2.45, 2.75) is 31.7 Å². The molecule has 0 unspecified atom stereocenters. The number of hydrogen-bond acceptors (Lipinski definition) is 4. The van der Waals surface area contributed by atoms with Gasteiger partial charge in [0.05, 0.1) is 17.1 Å². The summed E-state index contributed by atoms with van der Waals surface area (Å²) in [7, 11) is -3.48. The highest BCUT2D eigenvalue weighted by Crippen LogP contribution is 2.34. The highest BCUT2D eigenvalue weighted by molar-refractivity contribution is 7.89. The van der Waals surface area contributed by atoms with Crippen molar-refractivity contribution in [3.63, 3.8) is 0 Å². The lowest BCUT2D eigenvalue weighted by atomic mass is 10.1. The van der Waals surface area contributed by atoms with Crippen LogP contribution in [-0.4, -0.2) is 24.3 Å². The van der Waals surface area contributed by atoms with Gasteiger partial charge in [-0.3, -0.25) is 0 Å². The van der Waals surface area contributed by atoms with Gasteiger partial charge in [-0.05, 0) is 25.5 Å². The predicted molar refractivity (Wildman–Crippen MR) is 105 cm³/mol. The average molecular weight is 385 g/mol. The minimum Gasteiger partial charge on any atom is -0.241 e. The number of fused-ring (bicyclic) bond motifs is 1. The zero-order valence-electron chi connectivity index (χ0n) is 14.8. The molecule has 4 nitrogen and oxygen atoms in total. The van der Waals surface area contributed by atoms with Gasteiger partial charge < -0.3 is 0 Å². The number of hydrogen-bond donors (Lipinski definition) is 0. The molecule has 0 aliphatic carbocycles. The van der Waals surface area contributed by atoms with Crippen LogP contribution in [0.2, 0.25) is 0 Å². The Bertz CT molecular complexity index is 1050. The van der Waals surface area contributed by atoms with Crippen LogP contribution in [0.15, 0.2) is 53.4 Å². The zero-order valence-corrected chi connectivity index (χ0v) is 16.4. The third-order valence-electron chi connectivity index (χ3n) is 4.71. The Kier molecular flexibility index (Phi) is 4.42. The monoisotopic (exact) mass is 384 g/mol. The van der Waals surface area contributed by atoms with E-state index in [4.69, 9.17) is 4.98 Å². The van der Waals surface area contributed by atoms with Gasteiger partial charge in [-0.1, -0.05) is 48.0 Å². The lowest BCUT2D eigenvalue weighted by Crippen LogP contribution is -2.35. The second-order valence-electron chi connectivity index (χ2n) is 6.61. The van der Waals surface area contributed by atoms with E-state index in [9.17, 15) is 8.42 Å². The summed E-state index contributed by atoms with van der Waals surface area (Å²) in [6, 6.07) is 15.4. The highest BCUT2D eigenvalue weighted by atomic mass is 32.2. The smallest absolute Gasteiger partial charge is 0.241 e. The molecule has 0 atom stereocenters. The number of nitrogens with zero attached hydrogens (tertiary/aromatic N) is 2. The topological polar surface area (TPSA) is 50.3 Å². The van der Waals surface area contributed by atoms with Crippen LogP contribution in [0.3, 0.4) is 0 Å². The normalized spacial score (nSPS) is 15.0. The lowest BCUT2D eigenvalue weighted by molar-refractivity contribution is 0.392. The average Bonchev–Trinajstić information content (AvgIpc) is 3.05. The molecule has 2 aromatic carbocycles. The van der Waals surface area contributed by atoms with E-state index in [-0.39, 0.29) is 0 Å². The maximum atomic E-state index is 13.0. The van der Waals surface area contributed by atoms with Crippen molar-refractivity contribution in [1.82, 2.24) is 9.29 Å². The van der Waals surface area contributed by atoms with E-state index < -0.39 is 10.0 Å². The summed E-state index contributed by atoms with van der Waals surface area (Å²) in [6.45, 7) is 4.77. The number of rotatable bonds is 3. The Labute approximate surface area is 158 Å². The minimum atomic E-state index is -3.48. The Morgan fingerprint density at radius 3 is 2.50 bits per heavy atom. The largest absolute Gasteiger partial charge is 0.243 e. The molecule has 4 rings (SSSR count). The summed E-state index contributed by atoms with van der Waals surface area (Å²) in [6.07, 6.45) is 0.656. The molecule has 1 aliphatic heterocycles. The van der Waals surface area contributed by atoms with E-state index in [0.29, 0.717) is 24.4 Å². The van der Waals surface area contributed by atoms with Crippen LogP contribution in [0, 0.1) is 13.8 Å². The Morgan fingerprint density at radius 1 is 1.04 bits per heavy atom. The van der Waals surface area contributed by atoms with Gasteiger partial charge in [0.2, 0.25) is 10.0 Å². The molecule has 1 aromatic heterocycles. The van der Waals surface area contributed by atoms with E-state index in [0.717, 1.165) is 26.7 Å². The second kappa shape index (κ2) is 6.61. The Balaban J connectivity index is 1.64. The fraction of sp³-hybridized carbons (Fsp3) is 0.250. The molecule has 6 heteroatoms. The van der Waals surface area contributed by atoms with Crippen molar-refractivity contribution in [3.05, 3.63) is 70.2 Å². The van der Waals surface area contributed by atoms with Crippen molar-refractivity contribution >= 4 is 21.4 Å². The number of benzene rings is 2. The van der Waals surface area contributed by atoms with E-state index in [1.165, 1.54) is 5.56 Å². The third-order valence-corrected chi connectivity index (χ3v) is 7.84. The van der Waals surface area contributed by atoms with Gasteiger partial charge in [0.1, 0.15) is 5.01 Å². The predicted octanol–water partition coefficient (Wildman–Crippen LogP) is 4.17. The molecule has 3 aromatic rings. The van der Waals surface area contributed by atoms with Gasteiger partial charge in [0.15, 0.2) is 0 Å². The molecule has 0 bridgehead atoms. The minimum absolute atomic E-state index is 0.395. The first-order valence-corrected chi connectivity index (χ1v) is 10.8. The van der Waals surface area contributed by atoms with E-state index in [2.05, 4.69) is 31.2 Å². The van der Waals surface area contributed by atoms with Crippen molar-refractivity contribution in [3.8, 4) is 10.6 Å². The molecule has 0 fully saturated rings. The number of aryl methyl sites for hydroxylation is 2. The van der Waals surface area contributed by atoms with Crippen molar-refractivity contribution in [1.29, 1.82) is 0 Å². The summed E-state index contributed by atoms with van der Waals surface area (Å²) < 4.78 is 27.7. The molecular formula is C20H20N2O2S2. The molecular weight excluding hydrogens is 364 g/mol. The van der Waals surface area contributed by atoms with Crippen LogP contribution in [0.5, 0.6) is 0 Å². The second-order valence-corrected chi connectivity index (χ2v) is 9.60. The first-order chi connectivity index (χ1) is 12.4. The maximum Gasteiger partial charge on any atom is 0.243 e. The van der Waals surface area contributed by atoms with E-state index in [1.807, 2.05) is 19.1 Å². The Morgan fingerprint density at radius 2 is 1.77 bits per heavy atom. The summed E-state index contributed by atoms with van der Waals surface area (Å²) in [5.41, 5.74) is 4.11. The van der Waals surface area contributed by atoms with Crippen molar-refractivity contribution < 1.29 is 8.42 Å². The van der Waals surface area contributed by atoms with Crippen LogP contribution in [0.4, 0.5) is 0 Å². The summed E-state index contributed by atoms with van der Waals surface area (Å²) in [5, 5.41) is 0.963. The van der Waals surface area contributed by atoms with Crippen molar-refractivity contribution in [2.24, 2.45) is 0 Å². The highest BCUT2D eigenvalue weighted by Gasteiger charge is 2.31. The van der Waals surface area contributed by atoms with Gasteiger partial charge in [-0.25, -0.2) is 13.4 Å². The SMILES string of the molecule is Cc1ccc(-c2nc3c(s2)CN(S(=O)(=O)c2ccccc2C)CC3)cc1. The molecule has 0 saturated heterocycles. The zero-order chi connectivity index (χ0) is 18.3. The first-order valence-electron chi connectivity index (χ1n) is 8.56. The van der Waals surface area contributed by atoms with E-state index in [1.54, 1.807) is 27.8 Å². The number of sulfonamides is 1. The fourth-order valence-electron chi connectivity index (χ4n) is 3.18. The van der Waals surface area contributed by atoms with Gasteiger partial charge in [0.25, 0.3) is 0 Å². The van der Waals surface area contributed by atoms with Crippen LogP contribution in [0.1, 0.15) is 21.7 Å². The molecule has 0 amide bonds. The molecule has 2 heterocycles. The molecule has 0 radical (unpaired) electrons. The van der Waals surface area contributed by atoms with Gasteiger partial charge in [-0.15, -0.1) is 11.3 Å². The molecule has 0 spiro atoms. The number of thiazole rings is 1. The van der Waals surface area contributed by atoms with Crippen LogP contribution in [0.25, 0.3) is 10.6 Å². The fourth-order valence-corrected chi connectivity index (χ4v) is 6.03. The number of aromatic nitrogens is 1. The standard InChI is InChI=1S/C20H20N2O2S2/c1-14-7-9-16(10-8-14)20-21-17-11-12-22(13-18(17)25-20)26(23,24)19-6-4-3-5-15(19)2/h3-10H,11-13H2,1-2H3. The summed E-state index contributed by atoms with van der Waals surface area (Å²) >= 11 is 1.60. The first kappa shape index (κ1) is 17.4. The van der Waals surface area contributed by atoms with Crippen molar-refractivity contribution in [2.75, 3.05) is 6.54 Å². The summed E-state index contributed by atoms with van der Waals surface area (Å²) in [5.74, 6) is 0. The van der Waals surface area contributed by atoms with Gasteiger partial charge in [0, 0.05) is 23.4 Å². The summed E-state index contributed by atoms with van der Waals surface area (Å²) in [4.78, 5) is 6.19.